The molecule has 3 aromatic rings. The number of likely N-dealkylation sites (tertiary alicyclic amines) is 1. The van der Waals surface area contributed by atoms with Crippen LogP contribution in [0.2, 0.25) is 0 Å². The predicted molar refractivity (Wildman–Crippen MR) is 108 cm³/mol. The highest BCUT2D eigenvalue weighted by Crippen LogP contribution is 2.39. The molecule has 134 valence electrons. The molecule has 0 aliphatic carbocycles. The molecule has 1 aliphatic heterocycles. The standard InChI is InChI=1S/C20H19BrN2O2S/c21-18-8-7-17(26-18)19(23-11-3-4-13(12-23)20(24)25)15-9-10-22-16-6-2-1-5-14(15)16/h1-2,5-10,13,19H,3-4,11-12H2,(H,24,25). The summed E-state index contributed by atoms with van der Waals surface area (Å²) in [6, 6.07) is 14.5. The van der Waals surface area contributed by atoms with Gasteiger partial charge in [-0.05, 0) is 65.1 Å². The number of carboxylic acid groups (broad SMARTS) is 1. The van der Waals surface area contributed by atoms with Crippen LogP contribution < -0.4 is 0 Å². The first-order valence-corrected chi connectivity index (χ1v) is 10.3. The Hall–Kier alpha value is -1.76. The zero-order valence-corrected chi connectivity index (χ0v) is 16.5. The van der Waals surface area contributed by atoms with Crippen LogP contribution in [0.4, 0.5) is 0 Å². The molecule has 1 N–H and O–H groups in total. The number of piperidine rings is 1. The summed E-state index contributed by atoms with van der Waals surface area (Å²) in [4.78, 5) is 19.6. The van der Waals surface area contributed by atoms with Crippen molar-refractivity contribution in [3.05, 3.63) is 62.9 Å². The van der Waals surface area contributed by atoms with Gasteiger partial charge in [0.25, 0.3) is 0 Å². The van der Waals surface area contributed by atoms with E-state index in [1.165, 1.54) is 10.4 Å². The van der Waals surface area contributed by atoms with Crippen molar-refractivity contribution in [3.8, 4) is 0 Å². The minimum Gasteiger partial charge on any atom is -0.481 e. The second kappa shape index (κ2) is 7.47. The normalized spacial score (nSPS) is 19.5. The Morgan fingerprint density at radius 2 is 2.12 bits per heavy atom. The molecule has 0 amide bonds. The van der Waals surface area contributed by atoms with E-state index < -0.39 is 5.97 Å². The fourth-order valence-corrected chi connectivity index (χ4v) is 5.38. The van der Waals surface area contributed by atoms with Crippen molar-refractivity contribution in [2.24, 2.45) is 5.92 Å². The summed E-state index contributed by atoms with van der Waals surface area (Å²) in [6.45, 7) is 1.48. The highest BCUT2D eigenvalue weighted by molar-refractivity contribution is 9.11. The number of fused-ring (bicyclic) bond motifs is 1. The number of carboxylic acids is 1. The summed E-state index contributed by atoms with van der Waals surface area (Å²) in [6.07, 6.45) is 3.51. The molecular formula is C20H19BrN2O2S. The van der Waals surface area contributed by atoms with Crippen molar-refractivity contribution >= 4 is 44.1 Å². The molecule has 0 bridgehead atoms. The quantitative estimate of drug-likeness (QED) is 0.636. The Labute approximate surface area is 164 Å². The number of rotatable bonds is 4. The SMILES string of the molecule is O=C(O)C1CCCN(C(c2ccc(Br)s2)c2ccnc3ccccc23)C1. The Morgan fingerprint density at radius 1 is 1.27 bits per heavy atom. The molecule has 2 unspecified atom stereocenters. The lowest BCUT2D eigenvalue weighted by Gasteiger charge is -2.37. The maximum Gasteiger partial charge on any atom is 0.307 e. The van der Waals surface area contributed by atoms with Crippen LogP contribution in [0, 0.1) is 5.92 Å². The van der Waals surface area contributed by atoms with Crippen LogP contribution in [-0.2, 0) is 4.79 Å². The molecule has 4 nitrogen and oxygen atoms in total. The van der Waals surface area contributed by atoms with Crippen molar-refractivity contribution in [1.29, 1.82) is 0 Å². The van der Waals surface area contributed by atoms with E-state index in [-0.39, 0.29) is 12.0 Å². The number of thiophene rings is 1. The predicted octanol–water partition coefficient (Wildman–Crippen LogP) is 4.94. The van der Waals surface area contributed by atoms with Gasteiger partial charge in [-0.2, -0.15) is 0 Å². The molecule has 2 aromatic heterocycles. The van der Waals surface area contributed by atoms with Crippen molar-refractivity contribution in [2.75, 3.05) is 13.1 Å². The summed E-state index contributed by atoms with van der Waals surface area (Å²) >= 11 is 5.29. The van der Waals surface area contributed by atoms with Crippen molar-refractivity contribution < 1.29 is 9.90 Å². The summed E-state index contributed by atoms with van der Waals surface area (Å²) < 4.78 is 1.09. The number of hydrogen-bond acceptors (Lipinski definition) is 4. The van der Waals surface area contributed by atoms with Crippen LogP contribution >= 0.6 is 27.3 Å². The Bertz CT molecular complexity index is 937. The lowest BCUT2D eigenvalue weighted by molar-refractivity contribution is -0.143. The van der Waals surface area contributed by atoms with Gasteiger partial charge in [0.05, 0.1) is 21.3 Å². The minimum absolute atomic E-state index is 0.0429. The Kier molecular flexibility index (Phi) is 5.07. The Balaban J connectivity index is 1.82. The first kappa shape index (κ1) is 17.6. The summed E-state index contributed by atoms with van der Waals surface area (Å²) in [5, 5.41) is 10.6. The van der Waals surface area contributed by atoms with Crippen LogP contribution in [0.15, 0.2) is 52.4 Å². The van der Waals surface area contributed by atoms with Crippen molar-refractivity contribution in [1.82, 2.24) is 9.88 Å². The number of aliphatic carboxylic acids is 1. The molecule has 3 heterocycles. The lowest BCUT2D eigenvalue weighted by Crippen LogP contribution is -2.41. The fourth-order valence-electron chi connectivity index (χ4n) is 3.80. The fraction of sp³-hybridized carbons (Fsp3) is 0.300. The van der Waals surface area contributed by atoms with Gasteiger partial charge in [0.2, 0.25) is 0 Å². The molecule has 0 radical (unpaired) electrons. The maximum atomic E-state index is 11.6. The summed E-state index contributed by atoms with van der Waals surface area (Å²) in [5.74, 6) is -0.997. The molecule has 0 spiro atoms. The second-order valence-corrected chi connectivity index (χ2v) is 9.13. The van der Waals surface area contributed by atoms with Crippen LogP contribution in [0.25, 0.3) is 10.9 Å². The molecule has 26 heavy (non-hydrogen) atoms. The van der Waals surface area contributed by atoms with Gasteiger partial charge in [-0.1, -0.05) is 18.2 Å². The molecule has 6 heteroatoms. The smallest absolute Gasteiger partial charge is 0.307 e. The zero-order chi connectivity index (χ0) is 18.1. The van der Waals surface area contributed by atoms with Gasteiger partial charge in [0, 0.05) is 23.0 Å². The largest absolute Gasteiger partial charge is 0.481 e. The topological polar surface area (TPSA) is 53.4 Å². The molecule has 4 rings (SSSR count). The van der Waals surface area contributed by atoms with Crippen molar-refractivity contribution in [3.63, 3.8) is 0 Å². The van der Waals surface area contributed by atoms with Gasteiger partial charge < -0.3 is 5.11 Å². The van der Waals surface area contributed by atoms with E-state index in [2.05, 4.69) is 50.1 Å². The minimum atomic E-state index is -0.694. The number of pyridine rings is 1. The molecule has 1 aliphatic rings. The number of nitrogens with zero attached hydrogens (tertiary/aromatic N) is 2. The van der Waals surface area contributed by atoms with Gasteiger partial charge in [0.1, 0.15) is 0 Å². The molecule has 1 aromatic carbocycles. The van der Waals surface area contributed by atoms with Gasteiger partial charge in [0.15, 0.2) is 0 Å². The Morgan fingerprint density at radius 3 is 2.88 bits per heavy atom. The number of benzene rings is 1. The molecule has 1 fully saturated rings. The third-order valence-corrected chi connectivity index (χ3v) is 6.68. The van der Waals surface area contributed by atoms with E-state index in [1.807, 2.05) is 24.4 Å². The van der Waals surface area contributed by atoms with Crippen LogP contribution in [0.5, 0.6) is 0 Å². The van der Waals surface area contributed by atoms with E-state index in [9.17, 15) is 9.90 Å². The summed E-state index contributed by atoms with van der Waals surface area (Å²) in [7, 11) is 0. The number of aromatic nitrogens is 1. The average molecular weight is 431 g/mol. The molecule has 0 saturated carbocycles. The van der Waals surface area contributed by atoms with Gasteiger partial charge >= 0.3 is 5.97 Å². The van der Waals surface area contributed by atoms with E-state index in [0.29, 0.717) is 6.54 Å². The monoisotopic (exact) mass is 430 g/mol. The lowest BCUT2D eigenvalue weighted by atomic mass is 9.93. The average Bonchev–Trinajstić information content (AvgIpc) is 3.08. The highest BCUT2D eigenvalue weighted by atomic mass is 79.9. The first-order valence-electron chi connectivity index (χ1n) is 8.69. The van der Waals surface area contributed by atoms with E-state index in [4.69, 9.17) is 0 Å². The first-order chi connectivity index (χ1) is 12.6. The zero-order valence-electron chi connectivity index (χ0n) is 14.1. The van der Waals surface area contributed by atoms with E-state index in [1.54, 1.807) is 11.3 Å². The second-order valence-electron chi connectivity index (χ2n) is 6.63. The number of carbonyl (C=O) groups is 1. The van der Waals surface area contributed by atoms with Gasteiger partial charge in [-0.15, -0.1) is 11.3 Å². The van der Waals surface area contributed by atoms with E-state index in [0.717, 1.165) is 34.1 Å². The molecule has 2 atom stereocenters. The molecule has 1 saturated heterocycles. The molecular weight excluding hydrogens is 412 g/mol. The number of para-hydroxylation sites is 1. The summed E-state index contributed by atoms with van der Waals surface area (Å²) in [5.41, 5.74) is 2.16. The maximum absolute atomic E-state index is 11.6. The third-order valence-electron chi connectivity index (χ3n) is 5.01. The van der Waals surface area contributed by atoms with Gasteiger partial charge in [-0.3, -0.25) is 14.7 Å². The number of hydrogen-bond donors (Lipinski definition) is 1. The van der Waals surface area contributed by atoms with Crippen LogP contribution in [-0.4, -0.2) is 34.0 Å². The van der Waals surface area contributed by atoms with Crippen LogP contribution in [0.1, 0.15) is 29.3 Å². The van der Waals surface area contributed by atoms with Crippen LogP contribution in [0.3, 0.4) is 0 Å². The van der Waals surface area contributed by atoms with Crippen molar-refractivity contribution in [2.45, 2.75) is 18.9 Å². The third kappa shape index (κ3) is 3.41. The number of halogens is 1. The highest BCUT2D eigenvalue weighted by Gasteiger charge is 2.32. The van der Waals surface area contributed by atoms with Gasteiger partial charge in [-0.25, -0.2) is 0 Å². The van der Waals surface area contributed by atoms with E-state index >= 15 is 0 Å².